The van der Waals surface area contributed by atoms with Crippen LogP contribution in [0.5, 0.6) is 0 Å². The third-order valence-electron chi connectivity index (χ3n) is 5.77. The second kappa shape index (κ2) is 8.19. The minimum absolute atomic E-state index is 0.00892. The number of hydrogen-bond acceptors (Lipinski definition) is 4. The van der Waals surface area contributed by atoms with Crippen LogP contribution in [0.25, 0.3) is 37.3 Å². The van der Waals surface area contributed by atoms with Crippen LogP contribution in [0.2, 0.25) is 0 Å². The Kier molecular flexibility index (Phi) is 5.21. The molecule has 1 aliphatic rings. The zero-order chi connectivity index (χ0) is 22.2. The van der Waals surface area contributed by atoms with E-state index in [2.05, 4.69) is 15.0 Å². The summed E-state index contributed by atoms with van der Waals surface area (Å²) in [6, 6.07) is 12.3. The molecule has 3 heterocycles. The predicted molar refractivity (Wildman–Crippen MR) is 124 cm³/mol. The van der Waals surface area contributed by atoms with Crippen molar-refractivity contribution in [1.29, 1.82) is 0 Å². The lowest BCUT2D eigenvalue weighted by Gasteiger charge is -2.30. The fourth-order valence-corrected chi connectivity index (χ4v) is 5.27. The first-order valence-electron chi connectivity index (χ1n) is 10.3. The van der Waals surface area contributed by atoms with E-state index in [1.54, 1.807) is 17.2 Å². The highest BCUT2D eigenvalue weighted by atomic mass is 32.1. The average molecular weight is 446 g/mol. The highest BCUT2D eigenvalue weighted by Gasteiger charge is 2.25. The van der Waals surface area contributed by atoms with E-state index in [4.69, 9.17) is 12.3 Å². The smallest absolute Gasteiger partial charge is 0.264 e. The molecule has 3 N–H and O–H groups in total. The molecule has 2 aromatic carbocycles. The zero-order valence-corrected chi connectivity index (χ0v) is 18.0. The van der Waals surface area contributed by atoms with Gasteiger partial charge < -0.3 is 10.6 Å². The number of carbonyl (C=O) groups excluding carboxylic acids is 1. The number of benzene rings is 2. The van der Waals surface area contributed by atoms with Crippen LogP contribution in [-0.4, -0.2) is 40.1 Å². The number of amides is 1. The lowest BCUT2D eigenvalue weighted by molar-refractivity contribution is 0.0714. The van der Waals surface area contributed by atoms with Crippen LogP contribution < -0.4 is 5.73 Å². The molecule has 0 aliphatic carbocycles. The molecule has 6 nitrogen and oxygen atoms in total. The molecule has 0 spiro atoms. The van der Waals surface area contributed by atoms with Crippen LogP contribution in [0.15, 0.2) is 48.7 Å². The van der Waals surface area contributed by atoms with E-state index in [0.717, 1.165) is 39.7 Å². The summed E-state index contributed by atoms with van der Waals surface area (Å²) in [7, 11) is 0. The standard InChI is InChI=1S/C24H20FN5OS/c1-27-21-7-4-14(10-19(21)25)18-11-22(24(31)30-8-2-3-17(26)13-30)32-23(18)15-5-6-20-16(9-15)12-28-29-20/h4-7,9-12,17H,2-3,8,13,26H2,(H,28,29)/t17-/m1/s1. The van der Waals surface area contributed by atoms with Crippen molar-refractivity contribution in [1.82, 2.24) is 15.1 Å². The molecule has 1 amide bonds. The largest absolute Gasteiger partial charge is 0.336 e. The maximum absolute atomic E-state index is 14.4. The third-order valence-corrected chi connectivity index (χ3v) is 6.94. The molecule has 160 valence electrons. The van der Waals surface area contributed by atoms with E-state index in [1.165, 1.54) is 23.5 Å². The Hall–Kier alpha value is -3.54. The van der Waals surface area contributed by atoms with Gasteiger partial charge >= 0.3 is 0 Å². The Morgan fingerprint density at radius 2 is 2.09 bits per heavy atom. The van der Waals surface area contributed by atoms with E-state index in [1.807, 2.05) is 24.3 Å². The summed E-state index contributed by atoms with van der Waals surface area (Å²) in [4.78, 5) is 19.7. The Morgan fingerprint density at radius 3 is 2.88 bits per heavy atom. The number of rotatable bonds is 3. The first kappa shape index (κ1) is 20.4. The van der Waals surface area contributed by atoms with Gasteiger partial charge in [0.25, 0.3) is 5.91 Å². The summed E-state index contributed by atoms with van der Waals surface area (Å²) in [5, 5.41) is 7.97. The van der Waals surface area contributed by atoms with Gasteiger partial charge in [-0.2, -0.15) is 5.10 Å². The number of nitrogens with one attached hydrogen (secondary N) is 1. The van der Waals surface area contributed by atoms with Crippen molar-refractivity contribution in [3.63, 3.8) is 0 Å². The number of hydrogen-bond donors (Lipinski definition) is 2. The van der Waals surface area contributed by atoms with E-state index >= 15 is 0 Å². The normalized spacial score (nSPS) is 16.3. The van der Waals surface area contributed by atoms with Gasteiger partial charge in [-0.05, 0) is 48.2 Å². The first-order valence-corrected chi connectivity index (χ1v) is 11.1. The number of nitrogens with two attached hydrogens (primary N) is 1. The molecule has 1 atom stereocenters. The molecule has 2 aromatic heterocycles. The Balaban J connectivity index is 1.62. The van der Waals surface area contributed by atoms with Gasteiger partial charge in [-0.3, -0.25) is 9.89 Å². The maximum Gasteiger partial charge on any atom is 0.264 e. The van der Waals surface area contributed by atoms with Gasteiger partial charge in [-0.15, -0.1) is 11.3 Å². The zero-order valence-electron chi connectivity index (χ0n) is 17.1. The molecule has 1 aliphatic heterocycles. The van der Waals surface area contributed by atoms with Gasteiger partial charge in [0.05, 0.1) is 23.2 Å². The SMILES string of the molecule is [C-]#[N+]c1ccc(-c2cc(C(=O)N3CCC[C@@H](N)C3)sc2-c2ccc3[nH]ncc3c2)cc1F. The molecule has 32 heavy (non-hydrogen) atoms. The molecular formula is C24H20FN5OS. The van der Waals surface area contributed by atoms with E-state index in [0.29, 0.717) is 23.5 Å². The molecule has 5 rings (SSSR count). The number of halogens is 1. The minimum atomic E-state index is -0.574. The highest BCUT2D eigenvalue weighted by Crippen LogP contribution is 2.41. The van der Waals surface area contributed by atoms with Crippen molar-refractivity contribution in [3.05, 3.63) is 70.8 Å². The number of thiophene rings is 1. The van der Waals surface area contributed by atoms with Crippen molar-refractivity contribution in [2.75, 3.05) is 13.1 Å². The fourth-order valence-electron chi connectivity index (χ4n) is 4.12. The number of piperidine rings is 1. The van der Waals surface area contributed by atoms with Crippen molar-refractivity contribution in [2.45, 2.75) is 18.9 Å². The third kappa shape index (κ3) is 3.66. The van der Waals surface area contributed by atoms with Crippen LogP contribution in [-0.2, 0) is 0 Å². The van der Waals surface area contributed by atoms with Gasteiger partial charge in [0.2, 0.25) is 5.69 Å². The Morgan fingerprint density at radius 1 is 1.25 bits per heavy atom. The lowest BCUT2D eigenvalue weighted by atomic mass is 10.0. The van der Waals surface area contributed by atoms with Crippen LogP contribution in [0.4, 0.5) is 10.1 Å². The average Bonchev–Trinajstić information content (AvgIpc) is 3.45. The monoisotopic (exact) mass is 445 g/mol. The summed E-state index contributed by atoms with van der Waals surface area (Å²) in [5.41, 5.74) is 9.28. The fraction of sp³-hybridized carbons (Fsp3) is 0.208. The predicted octanol–water partition coefficient (Wildman–Crippen LogP) is 5.21. The Bertz CT molecular complexity index is 1370. The van der Waals surface area contributed by atoms with E-state index in [-0.39, 0.29) is 17.6 Å². The van der Waals surface area contributed by atoms with Gasteiger partial charge in [0, 0.05) is 35.0 Å². The molecule has 0 bridgehead atoms. The van der Waals surface area contributed by atoms with E-state index in [9.17, 15) is 9.18 Å². The van der Waals surface area contributed by atoms with Gasteiger partial charge in [0.15, 0.2) is 0 Å². The Labute approximate surface area is 188 Å². The van der Waals surface area contributed by atoms with Crippen molar-refractivity contribution < 1.29 is 9.18 Å². The van der Waals surface area contributed by atoms with Gasteiger partial charge in [-0.25, -0.2) is 9.24 Å². The molecule has 1 fully saturated rings. The number of aromatic nitrogens is 2. The molecule has 8 heteroatoms. The number of aromatic amines is 1. The first-order chi connectivity index (χ1) is 15.5. The van der Waals surface area contributed by atoms with Crippen LogP contribution in [0.3, 0.4) is 0 Å². The van der Waals surface area contributed by atoms with Crippen LogP contribution >= 0.6 is 11.3 Å². The minimum Gasteiger partial charge on any atom is -0.336 e. The molecule has 0 radical (unpaired) electrons. The van der Waals surface area contributed by atoms with Crippen molar-refractivity contribution in [3.8, 4) is 21.6 Å². The second-order valence-electron chi connectivity index (χ2n) is 7.96. The van der Waals surface area contributed by atoms with E-state index < -0.39 is 5.82 Å². The van der Waals surface area contributed by atoms with Crippen LogP contribution in [0, 0.1) is 12.4 Å². The summed E-state index contributed by atoms with van der Waals surface area (Å²) in [6.45, 7) is 8.33. The van der Waals surface area contributed by atoms with Crippen molar-refractivity contribution >= 4 is 33.8 Å². The number of fused-ring (bicyclic) bond motifs is 1. The summed E-state index contributed by atoms with van der Waals surface area (Å²) in [5.74, 6) is -0.630. The summed E-state index contributed by atoms with van der Waals surface area (Å²) < 4.78 is 14.4. The summed E-state index contributed by atoms with van der Waals surface area (Å²) in [6.07, 6.45) is 3.55. The second-order valence-corrected chi connectivity index (χ2v) is 9.01. The molecular weight excluding hydrogens is 425 g/mol. The number of nitrogens with zero attached hydrogens (tertiary/aromatic N) is 3. The number of H-pyrrole nitrogens is 1. The van der Waals surface area contributed by atoms with Crippen molar-refractivity contribution in [2.24, 2.45) is 5.73 Å². The number of carbonyl (C=O) groups is 1. The van der Waals surface area contributed by atoms with Gasteiger partial charge in [0.1, 0.15) is 5.82 Å². The molecule has 4 aromatic rings. The molecule has 1 saturated heterocycles. The van der Waals surface area contributed by atoms with Crippen LogP contribution in [0.1, 0.15) is 22.5 Å². The molecule has 0 unspecified atom stereocenters. The molecule has 0 saturated carbocycles. The topological polar surface area (TPSA) is 79.4 Å². The summed E-state index contributed by atoms with van der Waals surface area (Å²) >= 11 is 1.39. The lowest BCUT2D eigenvalue weighted by Crippen LogP contribution is -2.45. The maximum atomic E-state index is 14.4. The number of likely N-dealkylation sites (tertiary alicyclic amines) is 1. The highest BCUT2D eigenvalue weighted by molar-refractivity contribution is 7.18. The quantitative estimate of drug-likeness (QED) is 0.425. The van der Waals surface area contributed by atoms with Gasteiger partial charge in [-0.1, -0.05) is 18.2 Å².